The van der Waals surface area contributed by atoms with Crippen LogP contribution in [-0.4, -0.2) is 13.2 Å². The Kier molecular flexibility index (Phi) is 5.19. The van der Waals surface area contributed by atoms with Crippen LogP contribution in [0.2, 0.25) is 0 Å². The van der Waals surface area contributed by atoms with E-state index in [0.29, 0.717) is 6.04 Å². The standard InChI is InChI=1S/C13H21NO/c1-4-10-14-11(3)12-6-8-13(9-7-12)15-5-2/h6-9,11,14H,4-5,10H2,1-3H3/t11-/m1/s1. The topological polar surface area (TPSA) is 21.3 Å². The summed E-state index contributed by atoms with van der Waals surface area (Å²) < 4.78 is 5.40. The second-order valence-corrected chi connectivity index (χ2v) is 3.68. The fraction of sp³-hybridized carbons (Fsp3) is 0.538. The lowest BCUT2D eigenvalue weighted by molar-refractivity contribution is 0.340. The van der Waals surface area contributed by atoms with Gasteiger partial charge in [0, 0.05) is 6.04 Å². The van der Waals surface area contributed by atoms with Gasteiger partial charge >= 0.3 is 0 Å². The first-order valence-electron chi connectivity index (χ1n) is 5.74. The maximum absolute atomic E-state index is 5.40. The van der Waals surface area contributed by atoms with Gasteiger partial charge in [0.05, 0.1) is 6.61 Å². The third-order valence-corrected chi connectivity index (χ3v) is 2.39. The van der Waals surface area contributed by atoms with Gasteiger partial charge in [-0.2, -0.15) is 0 Å². The summed E-state index contributed by atoms with van der Waals surface area (Å²) in [5.74, 6) is 0.948. The summed E-state index contributed by atoms with van der Waals surface area (Å²) in [6.07, 6.45) is 1.17. The molecule has 0 amide bonds. The Morgan fingerprint density at radius 3 is 2.40 bits per heavy atom. The molecule has 1 aromatic carbocycles. The number of rotatable bonds is 6. The van der Waals surface area contributed by atoms with Crippen molar-refractivity contribution in [3.63, 3.8) is 0 Å². The van der Waals surface area contributed by atoms with Crippen LogP contribution in [0.5, 0.6) is 5.75 Å². The molecular formula is C13H21NO. The minimum Gasteiger partial charge on any atom is -0.494 e. The quantitative estimate of drug-likeness (QED) is 0.773. The molecule has 0 radical (unpaired) electrons. The molecule has 0 heterocycles. The molecule has 1 atom stereocenters. The van der Waals surface area contributed by atoms with Gasteiger partial charge in [-0.3, -0.25) is 0 Å². The van der Waals surface area contributed by atoms with Gasteiger partial charge in [-0.1, -0.05) is 19.1 Å². The zero-order chi connectivity index (χ0) is 11.1. The van der Waals surface area contributed by atoms with E-state index in [0.717, 1.165) is 18.9 Å². The molecule has 1 N–H and O–H groups in total. The molecule has 1 rings (SSSR count). The highest BCUT2D eigenvalue weighted by Gasteiger charge is 2.03. The number of hydrogen-bond donors (Lipinski definition) is 1. The van der Waals surface area contributed by atoms with E-state index >= 15 is 0 Å². The first-order valence-corrected chi connectivity index (χ1v) is 5.74. The van der Waals surface area contributed by atoms with Gasteiger partial charge in [0.2, 0.25) is 0 Å². The number of benzene rings is 1. The Morgan fingerprint density at radius 1 is 1.20 bits per heavy atom. The summed E-state index contributed by atoms with van der Waals surface area (Å²) >= 11 is 0. The monoisotopic (exact) mass is 207 g/mol. The van der Waals surface area contributed by atoms with E-state index < -0.39 is 0 Å². The molecule has 0 spiro atoms. The van der Waals surface area contributed by atoms with Crippen LogP contribution in [0.3, 0.4) is 0 Å². The first kappa shape index (κ1) is 12.1. The van der Waals surface area contributed by atoms with Crippen LogP contribution in [0.25, 0.3) is 0 Å². The van der Waals surface area contributed by atoms with Crippen LogP contribution in [0.1, 0.15) is 38.8 Å². The summed E-state index contributed by atoms with van der Waals surface area (Å²) in [7, 11) is 0. The van der Waals surface area contributed by atoms with E-state index in [2.05, 4.69) is 31.3 Å². The predicted molar refractivity (Wildman–Crippen MR) is 64.3 cm³/mol. The van der Waals surface area contributed by atoms with Crippen LogP contribution in [-0.2, 0) is 0 Å². The molecule has 0 aromatic heterocycles. The highest BCUT2D eigenvalue weighted by Crippen LogP contribution is 2.17. The van der Waals surface area contributed by atoms with E-state index in [1.54, 1.807) is 0 Å². The van der Waals surface area contributed by atoms with Crippen molar-refractivity contribution >= 4 is 0 Å². The van der Waals surface area contributed by atoms with Crippen molar-refractivity contribution in [1.29, 1.82) is 0 Å². The Labute approximate surface area is 92.6 Å². The number of nitrogens with one attached hydrogen (secondary N) is 1. The lowest BCUT2D eigenvalue weighted by atomic mass is 10.1. The number of hydrogen-bond acceptors (Lipinski definition) is 2. The molecule has 0 fully saturated rings. The molecule has 0 saturated heterocycles. The van der Waals surface area contributed by atoms with Crippen molar-refractivity contribution in [3.05, 3.63) is 29.8 Å². The van der Waals surface area contributed by atoms with Gasteiger partial charge in [0.25, 0.3) is 0 Å². The lowest BCUT2D eigenvalue weighted by Gasteiger charge is -2.14. The summed E-state index contributed by atoms with van der Waals surface area (Å²) in [5, 5.41) is 3.46. The molecule has 84 valence electrons. The molecule has 0 aliphatic rings. The molecule has 0 aliphatic carbocycles. The predicted octanol–water partition coefficient (Wildman–Crippen LogP) is 3.15. The maximum atomic E-state index is 5.40. The van der Waals surface area contributed by atoms with Crippen LogP contribution in [0, 0.1) is 0 Å². The third kappa shape index (κ3) is 3.92. The molecule has 1 aromatic rings. The Hall–Kier alpha value is -1.02. The highest BCUT2D eigenvalue weighted by molar-refractivity contribution is 5.28. The molecule has 2 heteroatoms. The lowest BCUT2D eigenvalue weighted by Crippen LogP contribution is -2.19. The molecule has 0 unspecified atom stereocenters. The summed E-state index contributed by atoms with van der Waals surface area (Å²) in [4.78, 5) is 0. The molecule has 15 heavy (non-hydrogen) atoms. The van der Waals surface area contributed by atoms with Crippen molar-refractivity contribution in [2.45, 2.75) is 33.2 Å². The fourth-order valence-corrected chi connectivity index (χ4v) is 1.50. The van der Waals surface area contributed by atoms with Crippen molar-refractivity contribution in [2.75, 3.05) is 13.2 Å². The van der Waals surface area contributed by atoms with Gasteiger partial charge in [-0.15, -0.1) is 0 Å². The van der Waals surface area contributed by atoms with Crippen molar-refractivity contribution in [1.82, 2.24) is 5.32 Å². The molecule has 2 nitrogen and oxygen atoms in total. The van der Waals surface area contributed by atoms with Crippen LogP contribution < -0.4 is 10.1 Å². The normalized spacial score (nSPS) is 12.5. The van der Waals surface area contributed by atoms with E-state index in [4.69, 9.17) is 4.74 Å². The average molecular weight is 207 g/mol. The minimum absolute atomic E-state index is 0.417. The minimum atomic E-state index is 0.417. The van der Waals surface area contributed by atoms with Crippen molar-refractivity contribution in [3.8, 4) is 5.75 Å². The van der Waals surface area contributed by atoms with Gasteiger partial charge in [-0.05, 0) is 44.5 Å². The first-order chi connectivity index (χ1) is 7.27. The average Bonchev–Trinajstić information content (AvgIpc) is 2.27. The Morgan fingerprint density at radius 2 is 1.87 bits per heavy atom. The van der Waals surface area contributed by atoms with Crippen molar-refractivity contribution in [2.24, 2.45) is 0 Å². The van der Waals surface area contributed by atoms with Crippen LogP contribution in [0.15, 0.2) is 24.3 Å². The zero-order valence-corrected chi connectivity index (χ0v) is 9.92. The molecule has 0 aliphatic heterocycles. The van der Waals surface area contributed by atoms with Gasteiger partial charge in [0.15, 0.2) is 0 Å². The Bertz CT molecular complexity index is 268. The van der Waals surface area contributed by atoms with E-state index in [-0.39, 0.29) is 0 Å². The zero-order valence-electron chi connectivity index (χ0n) is 9.92. The van der Waals surface area contributed by atoms with E-state index in [1.165, 1.54) is 12.0 Å². The summed E-state index contributed by atoms with van der Waals surface area (Å²) in [6.45, 7) is 8.15. The molecular weight excluding hydrogens is 186 g/mol. The third-order valence-electron chi connectivity index (χ3n) is 2.39. The van der Waals surface area contributed by atoms with Crippen LogP contribution >= 0.6 is 0 Å². The molecule has 0 bridgehead atoms. The van der Waals surface area contributed by atoms with Crippen LogP contribution in [0.4, 0.5) is 0 Å². The number of ether oxygens (including phenoxy) is 1. The second kappa shape index (κ2) is 6.46. The largest absolute Gasteiger partial charge is 0.494 e. The summed E-state index contributed by atoms with van der Waals surface area (Å²) in [5.41, 5.74) is 1.31. The van der Waals surface area contributed by atoms with Gasteiger partial charge < -0.3 is 10.1 Å². The fourth-order valence-electron chi connectivity index (χ4n) is 1.50. The highest BCUT2D eigenvalue weighted by atomic mass is 16.5. The summed E-state index contributed by atoms with van der Waals surface area (Å²) in [6, 6.07) is 8.73. The van der Waals surface area contributed by atoms with Gasteiger partial charge in [0.1, 0.15) is 5.75 Å². The SMILES string of the molecule is CCCN[C@H](C)c1ccc(OCC)cc1. The van der Waals surface area contributed by atoms with Crippen molar-refractivity contribution < 1.29 is 4.74 Å². The van der Waals surface area contributed by atoms with E-state index in [9.17, 15) is 0 Å². The van der Waals surface area contributed by atoms with Gasteiger partial charge in [-0.25, -0.2) is 0 Å². The van der Waals surface area contributed by atoms with E-state index in [1.807, 2.05) is 19.1 Å². The smallest absolute Gasteiger partial charge is 0.119 e. The second-order valence-electron chi connectivity index (χ2n) is 3.68. The maximum Gasteiger partial charge on any atom is 0.119 e. The molecule has 0 saturated carbocycles. The Balaban J connectivity index is 2.54.